The van der Waals surface area contributed by atoms with Crippen LogP contribution in [0.4, 0.5) is 0 Å². The van der Waals surface area contributed by atoms with Crippen LogP contribution >= 0.6 is 0 Å². The minimum absolute atomic E-state index is 0. The van der Waals surface area contributed by atoms with Crippen LogP contribution in [-0.2, 0) is 16.5 Å². The second-order valence-electron chi connectivity index (χ2n) is 1.37. The molecule has 0 amide bonds. The second-order valence-corrected chi connectivity index (χ2v) is 1.37. The Morgan fingerprint density at radius 3 is 1.33 bits per heavy atom. The van der Waals surface area contributed by atoms with Crippen LogP contribution in [0.2, 0.25) is 0 Å². The number of oxime groups is 2. The summed E-state index contributed by atoms with van der Waals surface area (Å²) >= 11 is 0. The van der Waals surface area contributed by atoms with Gasteiger partial charge in [-0.2, -0.15) is 0 Å². The maximum absolute atomic E-state index is 8.03. The van der Waals surface area contributed by atoms with Gasteiger partial charge in [0.1, 0.15) is 11.4 Å². The Morgan fingerprint density at radius 2 is 1.22 bits per heavy atom. The predicted octanol–water partition coefficient (Wildman–Crippen LogP) is 0.684. The normalized spacial score (nSPS) is 12.7. The van der Waals surface area contributed by atoms with E-state index in [1.54, 1.807) is 0 Å². The van der Waals surface area contributed by atoms with Gasteiger partial charge < -0.3 is 10.4 Å². The van der Waals surface area contributed by atoms with Crippen molar-refractivity contribution in [1.82, 2.24) is 0 Å². The van der Waals surface area contributed by atoms with Crippen LogP contribution < -0.4 is 0 Å². The molecule has 0 aliphatic heterocycles. The van der Waals surface area contributed by atoms with Crippen LogP contribution in [0.1, 0.15) is 13.8 Å². The van der Waals surface area contributed by atoms with Crippen LogP contribution in [0.25, 0.3) is 0 Å². The fraction of sp³-hybridized carbons (Fsp3) is 0.500. The van der Waals surface area contributed by atoms with E-state index in [2.05, 4.69) is 10.3 Å². The number of nitrogens with zero attached hydrogens (tertiary/aromatic N) is 2. The van der Waals surface area contributed by atoms with E-state index in [9.17, 15) is 0 Å². The SMILES string of the molecule is CC(=N\O)/C(C)=N/O.[Ni]. The average molecular weight is 175 g/mol. The van der Waals surface area contributed by atoms with Gasteiger partial charge in [0.05, 0.1) is 0 Å². The van der Waals surface area contributed by atoms with Gasteiger partial charge in [-0.1, -0.05) is 10.3 Å². The Bertz CT molecular complexity index is 117. The predicted molar refractivity (Wildman–Crippen MR) is 29.8 cm³/mol. The van der Waals surface area contributed by atoms with Crippen LogP contribution in [-0.4, -0.2) is 21.8 Å². The molecule has 0 rings (SSSR count). The summed E-state index contributed by atoms with van der Waals surface area (Å²) in [5, 5.41) is 21.6. The van der Waals surface area contributed by atoms with Gasteiger partial charge in [-0.3, -0.25) is 0 Å². The summed E-state index contributed by atoms with van der Waals surface area (Å²) in [6, 6.07) is 0. The summed E-state index contributed by atoms with van der Waals surface area (Å²) in [6.07, 6.45) is 0. The number of hydrogen-bond acceptors (Lipinski definition) is 4. The van der Waals surface area contributed by atoms with Crippen molar-refractivity contribution in [2.24, 2.45) is 10.3 Å². The monoisotopic (exact) mass is 174 g/mol. The molecule has 4 nitrogen and oxygen atoms in total. The van der Waals surface area contributed by atoms with Gasteiger partial charge in [0.15, 0.2) is 0 Å². The van der Waals surface area contributed by atoms with Crippen molar-refractivity contribution in [3.63, 3.8) is 0 Å². The van der Waals surface area contributed by atoms with Gasteiger partial charge in [-0.25, -0.2) is 0 Å². The van der Waals surface area contributed by atoms with Crippen LogP contribution in [0, 0.1) is 0 Å². The summed E-state index contributed by atoms with van der Waals surface area (Å²) < 4.78 is 0. The molecule has 0 unspecified atom stereocenters. The van der Waals surface area contributed by atoms with E-state index in [0.29, 0.717) is 11.4 Å². The van der Waals surface area contributed by atoms with Crippen molar-refractivity contribution in [3.05, 3.63) is 0 Å². The molecule has 0 aromatic carbocycles. The zero-order chi connectivity index (χ0) is 6.57. The number of rotatable bonds is 1. The average Bonchev–Trinajstić information content (AvgIpc) is 1.84. The Labute approximate surface area is 63.2 Å². The summed E-state index contributed by atoms with van der Waals surface area (Å²) in [6.45, 7) is 3.07. The van der Waals surface area contributed by atoms with E-state index in [1.807, 2.05) is 0 Å². The molecule has 0 fully saturated rings. The molecule has 9 heavy (non-hydrogen) atoms. The molecule has 0 aromatic rings. The smallest absolute Gasteiger partial charge is 0.101 e. The largest absolute Gasteiger partial charge is 0.411 e. The first kappa shape index (κ1) is 11.3. The standard InChI is InChI=1S/C4H8N2O2.Ni/c1-3(5-7)4(2)6-8;/h7-8H,1-2H3;/b5-3+,6-4+;. The first-order chi connectivity index (χ1) is 3.72. The molecule has 0 aromatic heterocycles. The zero-order valence-corrected chi connectivity index (χ0v) is 6.09. The summed E-state index contributed by atoms with van der Waals surface area (Å²) in [5.41, 5.74) is 0.625. The molecule has 0 aliphatic rings. The van der Waals surface area contributed by atoms with E-state index >= 15 is 0 Å². The first-order valence-corrected chi connectivity index (χ1v) is 2.10. The molecule has 5 heteroatoms. The first-order valence-electron chi connectivity index (χ1n) is 2.10. The molecule has 0 heterocycles. The van der Waals surface area contributed by atoms with Gasteiger partial charge in [-0.05, 0) is 13.8 Å². The quantitative estimate of drug-likeness (QED) is 0.266. The number of hydrogen-bond donors (Lipinski definition) is 2. The van der Waals surface area contributed by atoms with Crippen molar-refractivity contribution >= 4 is 11.4 Å². The van der Waals surface area contributed by atoms with Gasteiger partial charge in [0.25, 0.3) is 0 Å². The maximum atomic E-state index is 8.03. The third kappa shape index (κ3) is 3.97. The van der Waals surface area contributed by atoms with Crippen molar-refractivity contribution in [1.29, 1.82) is 0 Å². The van der Waals surface area contributed by atoms with Gasteiger partial charge in [0.2, 0.25) is 0 Å². The fourth-order valence-corrected chi connectivity index (χ4v) is 0.145. The third-order valence-electron chi connectivity index (χ3n) is 0.824. The van der Waals surface area contributed by atoms with Gasteiger partial charge in [0, 0.05) is 16.5 Å². The van der Waals surface area contributed by atoms with Crippen molar-refractivity contribution < 1.29 is 26.9 Å². The topological polar surface area (TPSA) is 65.2 Å². The Balaban J connectivity index is 0. The second kappa shape index (κ2) is 5.57. The van der Waals surface area contributed by atoms with Crippen molar-refractivity contribution in [2.45, 2.75) is 13.8 Å². The molecule has 0 atom stereocenters. The maximum Gasteiger partial charge on any atom is 0.101 e. The minimum atomic E-state index is 0. The molecular formula is C4H8N2NiO2. The Kier molecular flexibility index (Phi) is 6.97. The van der Waals surface area contributed by atoms with Crippen LogP contribution in [0.3, 0.4) is 0 Å². The van der Waals surface area contributed by atoms with Crippen LogP contribution in [0.15, 0.2) is 10.3 Å². The van der Waals surface area contributed by atoms with E-state index < -0.39 is 0 Å². The molecule has 2 N–H and O–H groups in total. The van der Waals surface area contributed by atoms with Gasteiger partial charge >= 0.3 is 0 Å². The molecule has 0 saturated heterocycles. The Morgan fingerprint density at radius 1 is 1.00 bits per heavy atom. The van der Waals surface area contributed by atoms with Gasteiger partial charge in [-0.15, -0.1) is 0 Å². The van der Waals surface area contributed by atoms with Crippen LogP contribution in [0.5, 0.6) is 0 Å². The Hall–Kier alpha value is -0.566. The molecule has 0 saturated carbocycles. The molecule has 0 radical (unpaired) electrons. The van der Waals surface area contributed by atoms with Crippen molar-refractivity contribution in [3.8, 4) is 0 Å². The molecular weight excluding hydrogens is 167 g/mol. The summed E-state index contributed by atoms with van der Waals surface area (Å²) in [5.74, 6) is 0. The molecule has 56 valence electrons. The minimum Gasteiger partial charge on any atom is -0.411 e. The fourth-order valence-electron chi connectivity index (χ4n) is 0.145. The van der Waals surface area contributed by atoms with E-state index in [4.69, 9.17) is 10.4 Å². The van der Waals surface area contributed by atoms with E-state index in [-0.39, 0.29) is 16.5 Å². The van der Waals surface area contributed by atoms with Crippen molar-refractivity contribution in [2.75, 3.05) is 0 Å². The molecule has 0 aliphatic carbocycles. The molecule has 0 spiro atoms. The van der Waals surface area contributed by atoms with E-state index in [1.165, 1.54) is 13.8 Å². The summed E-state index contributed by atoms with van der Waals surface area (Å²) in [7, 11) is 0. The molecule has 0 bridgehead atoms. The van der Waals surface area contributed by atoms with E-state index in [0.717, 1.165) is 0 Å². The summed E-state index contributed by atoms with van der Waals surface area (Å²) in [4.78, 5) is 0. The third-order valence-corrected chi connectivity index (χ3v) is 0.824. The zero-order valence-electron chi connectivity index (χ0n) is 5.11.